The molecule has 11 rings (SSSR count). The lowest BCUT2D eigenvalue weighted by molar-refractivity contribution is 1.08. The van der Waals surface area contributed by atoms with Crippen molar-refractivity contribution in [1.29, 1.82) is 0 Å². The van der Waals surface area contributed by atoms with Gasteiger partial charge in [-0.2, -0.15) is 0 Å². The first-order chi connectivity index (χ1) is 29.3. The van der Waals surface area contributed by atoms with Gasteiger partial charge in [0.1, 0.15) is 0 Å². The van der Waals surface area contributed by atoms with Crippen LogP contribution in [-0.2, 0) is 0 Å². The molecule has 0 saturated heterocycles. The zero-order chi connectivity index (χ0) is 39.1. The van der Waals surface area contributed by atoms with E-state index in [1.807, 2.05) is 47.7 Å². The van der Waals surface area contributed by atoms with E-state index in [4.69, 9.17) is 15.0 Å². The van der Waals surface area contributed by atoms with E-state index >= 15 is 0 Å². The number of rotatable bonds is 7. The summed E-state index contributed by atoms with van der Waals surface area (Å²) in [6.45, 7) is 0. The van der Waals surface area contributed by atoms with Gasteiger partial charge in [0, 0.05) is 42.4 Å². The van der Waals surface area contributed by atoms with Crippen LogP contribution in [0.1, 0.15) is 0 Å². The van der Waals surface area contributed by atoms with Gasteiger partial charge in [-0.05, 0) is 67.9 Å². The van der Waals surface area contributed by atoms with Crippen molar-refractivity contribution in [2.24, 2.45) is 0 Å². The molecular formula is C55H35N3S. The van der Waals surface area contributed by atoms with Crippen LogP contribution in [0, 0.1) is 0 Å². The molecular weight excluding hydrogens is 735 g/mol. The van der Waals surface area contributed by atoms with Crippen LogP contribution < -0.4 is 0 Å². The topological polar surface area (TPSA) is 38.7 Å². The highest BCUT2D eigenvalue weighted by atomic mass is 32.1. The number of aromatic nitrogens is 3. The van der Waals surface area contributed by atoms with E-state index in [2.05, 4.69) is 176 Å². The van der Waals surface area contributed by atoms with Crippen molar-refractivity contribution in [3.63, 3.8) is 0 Å². The number of nitrogens with zero attached hydrogens (tertiary/aromatic N) is 3. The first kappa shape index (κ1) is 34.7. The lowest BCUT2D eigenvalue weighted by Crippen LogP contribution is -2.00. The molecule has 0 aliphatic heterocycles. The molecule has 2 heterocycles. The number of fused-ring (bicyclic) bond motifs is 4. The van der Waals surface area contributed by atoms with E-state index in [0.29, 0.717) is 17.5 Å². The number of thiophene rings is 1. The Morgan fingerprint density at radius 2 is 0.678 bits per heavy atom. The monoisotopic (exact) mass is 769 g/mol. The maximum absolute atomic E-state index is 5.14. The summed E-state index contributed by atoms with van der Waals surface area (Å²) < 4.78 is 2.56. The van der Waals surface area contributed by atoms with Gasteiger partial charge < -0.3 is 0 Å². The highest BCUT2D eigenvalue weighted by Gasteiger charge is 2.22. The minimum atomic E-state index is 0.644. The molecule has 0 atom stereocenters. The van der Waals surface area contributed by atoms with E-state index < -0.39 is 0 Å². The van der Waals surface area contributed by atoms with Crippen molar-refractivity contribution in [3.8, 4) is 78.7 Å². The highest BCUT2D eigenvalue weighted by Crippen LogP contribution is 2.50. The zero-order valence-corrected chi connectivity index (χ0v) is 32.8. The molecule has 11 aromatic rings. The van der Waals surface area contributed by atoms with E-state index in [0.717, 1.165) is 27.5 Å². The van der Waals surface area contributed by atoms with Crippen molar-refractivity contribution in [3.05, 3.63) is 212 Å². The normalized spacial score (nSPS) is 11.4. The Bertz CT molecular complexity index is 3230. The van der Waals surface area contributed by atoms with Gasteiger partial charge >= 0.3 is 0 Å². The van der Waals surface area contributed by atoms with Crippen LogP contribution in [0.15, 0.2) is 212 Å². The van der Waals surface area contributed by atoms with Crippen LogP contribution in [0.4, 0.5) is 0 Å². The molecule has 0 aliphatic rings. The number of benzene rings is 9. The van der Waals surface area contributed by atoms with Gasteiger partial charge in [0.05, 0.1) is 0 Å². The molecule has 4 heteroatoms. The molecule has 0 aliphatic carbocycles. The molecule has 276 valence electrons. The van der Waals surface area contributed by atoms with Crippen LogP contribution in [0.5, 0.6) is 0 Å². The summed E-state index contributed by atoms with van der Waals surface area (Å²) in [6, 6.07) is 75.3. The van der Waals surface area contributed by atoms with Gasteiger partial charge in [-0.15, -0.1) is 11.3 Å². The molecule has 0 radical (unpaired) electrons. The highest BCUT2D eigenvalue weighted by molar-refractivity contribution is 7.27. The standard InChI is InChI=1S/C55H35N3S/c1-6-18-36(19-7-1)41-34-48(38-22-10-3-11-23-38)51-49(35-41)50-46(32-30-42(52(50)59-51)37-20-8-2-9-21-37)45-31-33-47(44-29-17-16-28-43(44)45)55-57-53(39-24-12-4-13-25-39)56-54(58-55)40-26-14-5-15-27-40/h1-35H. The molecule has 0 bridgehead atoms. The summed E-state index contributed by atoms with van der Waals surface area (Å²) in [7, 11) is 0. The fourth-order valence-corrected chi connectivity index (χ4v) is 9.72. The summed E-state index contributed by atoms with van der Waals surface area (Å²) in [6.07, 6.45) is 0. The summed E-state index contributed by atoms with van der Waals surface area (Å²) in [5.41, 5.74) is 12.5. The van der Waals surface area contributed by atoms with Gasteiger partial charge in [0.2, 0.25) is 0 Å². The van der Waals surface area contributed by atoms with Gasteiger partial charge in [-0.25, -0.2) is 15.0 Å². The van der Waals surface area contributed by atoms with Crippen molar-refractivity contribution in [2.45, 2.75) is 0 Å². The molecule has 9 aromatic carbocycles. The third-order valence-corrected chi connectivity index (χ3v) is 12.4. The Morgan fingerprint density at radius 3 is 1.25 bits per heavy atom. The molecule has 0 saturated carbocycles. The molecule has 2 aromatic heterocycles. The second-order valence-corrected chi connectivity index (χ2v) is 15.7. The van der Waals surface area contributed by atoms with Gasteiger partial charge in [-0.1, -0.05) is 194 Å². The lowest BCUT2D eigenvalue weighted by Gasteiger charge is -2.15. The summed E-state index contributed by atoms with van der Waals surface area (Å²) >= 11 is 1.89. The average molecular weight is 770 g/mol. The third kappa shape index (κ3) is 6.27. The maximum Gasteiger partial charge on any atom is 0.164 e. The molecule has 59 heavy (non-hydrogen) atoms. The van der Waals surface area contributed by atoms with E-state index in [-0.39, 0.29) is 0 Å². The largest absolute Gasteiger partial charge is 0.208 e. The Balaban J connectivity index is 1.19. The summed E-state index contributed by atoms with van der Waals surface area (Å²) in [5.74, 6) is 1.94. The number of hydrogen-bond donors (Lipinski definition) is 0. The molecule has 0 unspecified atom stereocenters. The SMILES string of the molecule is c1ccc(-c2cc(-c3ccccc3)c3sc4c(-c5ccccc5)ccc(-c5ccc(-c6nc(-c7ccccc7)nc(-c7ccccc7)n6)c6ccccc56)c4c3c2)cc1. The smallest absolute Gasteiger partial charge is 0.164 e. The van der Waals surface area contributed by atoms with Crippen LogP contribution in [0.2, 0.25) is 0 Å². The quantitative estimate of drug-likeness (QED) is 0.162. The first-order valence-corrected chi connectivity index (χ1v) is 20.7. The minimum Gasteiger partial charge on any atom is -0.208 e. The van der Waals surface area contributed by atoms with Crippen LogP contribution in [-0.4, -0.2) is 15.0 Å². The van der Waals surface area contributed by atoms with Crippen LogP contribution in [0.25, 0.3) is 110 Å². The Kier molecular flexibility index (Phi) is 8.68. The Morgan fingerprint density at radius 1 is 0.254 bits per heavy atom. The fourth-order valence-electron chi connectivity index (χ4n) is 8.34. The summed E-state index contributed by atoms with van der Waals surface area (Å²) in [4.78, 5) is 15.2. The third-order valence-electron chi connectivity index (χ3n) is 11.2. The molecule has 0 N–H and O–H groups in total. The van der Waals surface area contributed by atoms with Crippen LogP contribution in [0.3, 0.4) is 0 Å². The van der Waals surface area contributed by atoms with Crippen molar-refractivity contribution in [2.75, 3.05) is 0 Å². The summed E-state index contributed by atoms with van der Waals surface area (Å²) in [5, 5.41) is 4.74. The predicted molar refractivity (Wildman–Crippen MR) is 248 cm³/mol. The van der Waals surface area contributed by atoms with Gasteiger partial charge in [-0.3, -0.25) is 0 Å². The van der Waals surface area contributed by atoms with Crippen molar-refractivity contribution < 1.29 is 0 Å². The van der Waals surface area contributed by atoms with Crippen molar-refractivity contribution in [1.82, 2.24) is 15.0 Å². The minimum absolute atomic E-state index is 0.644. The Hall–Kier alpha value is -7.53. The van der Waals surface area contributed by atoms with Crippen molar-refractivity contribution >= 4 is 42.3 Å². The Labute approximate surface area is 346 Å². The predicted octanol–water partition coefficient (Wildman–Crippen LogP) is 15.1. The van der Waals surface area contributed by atoms with Gasteiger partial charge in [0.15, 0.2) is 17.5 Å². The average Bonchev–Trinajstić information content (AvgIpc) is 3.72. The molecule has 0 spiro atoms. The second kappa shape index (κ2) is 14.8. The zero-order valence-electron chi connectivity index (χ0n) is 32.0. The van der Waals surface area contributed by atoms with Gasteiger partial charge in [0.25, 0.3) is 0 Å². The fraction of sp³-hybridized carbons (Fsp3) is 0. The molecule has 0 amide bonds. The molecule has 3 nitrogen and oxygen atoms in total. The number of hydrogen-bond acceptors (Lipinski definition) is 4. The van der Waals surface area contributed by atoms with E-state index in [1.165, 1.54) is 64.7 Å². The lowest BCUT2D eigenvalue weighted by atomic mass is 9.89. The second-order valence-electron chi connectivity index (χ2n) is 14.7. The molecule has 0 fully saturated rings. The first-order valence-electron chi connectivity index (χ1n) is 19.9. The van der Waals surface area contributed by atoms with E-state index in [1.54, 1.807) is 0 Å². The maximum atomic E-state index is 5.14. The van der Waals surface area contributed by atoms with E-state index in [9.17, 15) is 0 Å². The van der Waals surface area contributed by atoms with Crippen LogP contribution >= 0.6 is 11.3 Å².